The number of halogens is 1. The Balaban J connectivity index is 1.96. The molecule has 1 atom stereocenters. The summed E-state index contributed by atoms with van der Waals surface area (Å²) in [5.74, 6) is 0.202. The third-order valence-corrected chi connectivity index (χ3v) is 4.57. The molecule has 0 spiro atoms. The van der Waals surface area contributed by atoms with E-state index in [0.29, 0.717) is 33.1 Å². The highest BCUT2D eigenvalue weighted by atomic mass is 35.5. The maximum absolute atomic E-state index is 12.8. The standard InChI is InChI=1S/C22H20ClNO3/c1-14-7-6-10-17(21(14)27-2)22(26)24-19-12-11-16(23)13-18(19)20(25)15-8-4-3-5-9-15/h3-13,20,25H,1-2H3,(H,24,26). The smallest absolute Gasteiger partial charge is 0.259 e. The van der Waals surface area contributed by atoms with Crippen LogP contribution in [0.2, 0.25) is 5.02 Å². The zero-order valence-corrected chi connectivity index (χ0v) is 15.8. The van der Waals surface area contributed by atoms with Crippen LogP contribution < -0.4 is 10.1 Å². The van der Waals surface area contributed by atoms with Crippen LogP contribution >= 0.6 is 11.6 Å². The SMILES string of the molecule is COc1c(C)cccc1C(=O)Nc1ccc(Cl)cc1C(O)c1ccccc1. The van der Waals surface area contributed by atoms with Crippen molar-refractivity contribution in [2.24, 2.45) is 0 Å². The number of aryl methyl sites for hydroxylation is 1. The Kier molecular flexibility index (Phi) is 5.79. The van der Waals surface area contributed by atoms with Crippen LogP contribution in [0.3, 0.4) is 0 Å². The van der Waals surface area contributed by atoms with Crippen LogP contribution in [0.1, 0.15) is 33.2 Å². The van der Waals surface area contributed by atoms with Crippen molar-refractivity contribution in [3.63, 3.8) is 0 Å². The fourth-order valence-corrected chi connectivity index (χ4v) is 3.16. The van der Waals surface area contributed by atoms with Gasteiger partial charge in [0.05, 0.1) is 12.7 Å². The van der Waals surface area contributed by atoms with Crippen molar-refractivity contribution in [3.8, 4) is 5.75 Å². The second-order valence-electron chi connectivity index (χ2n) is 6.15. The van der Waals surface area contributed by atoms with E-state index in [2.05, 4.69) is 5.32 Å². The lowest BCUT2D eigenvalue weighted by molar-refractivity contribution is 0.102. The maximum Gasteiger partial charge on any atom is 0.259 e. The molecule has 0 aromatic heterocycles. The number of carbonyl (C=O) groups is 1. The number of hydrogen-bond acceptors (Lipinski definition) is 3. The molecule has 27 heavy (non-hydrogen) atoms. The molecule has 0 saturated carbocycles. The number of para-hydroxylation sites is 1. The van der Waals surface area contributed by atoms with Crippen molar-refractivity contribution in [2.75, 3.05) is 12.4 Å². The average Bonchev–Trinajstić information content (AvgIpc) is 2.69. The van der Waals surface area contributed by atoms with Crippen molar-refractivity contribution in [1.29, 1.82) is 0 Å². The van der Waals surface area contributed by atoms with E-state index in [1.807, 2.05) is 43.3 Å². The summed E-state index contributed by atoms with van der Waals surface area (Å²) in [6, 6.07) is 19.6. The number of aliphatic hydroxyl groups is 1. The highest BCUT2D eigenvalue weighted by Gasteiger charge is 2.19. The molecule has 0 bridgehead atoms. The molecule has 2 N–H and O–H groups in total. The molecule has 0 saturated heterocycles. The monoisotopic (exact) mass is 381 g/mol. The first-order valence-electron chi connectivity index (χ1n) is 8.48. The van der Waals surface area contributed by atoms with E-state index in [1.165, 1.54) is 7.11 Å². The molecule has 1 amide bonds. The summed E-state index contributed by atoms with van der Waals surface area (Å²) >= 11 is 6.13. The molecule has 0 aliphatic rings. The van der Waals surface area contributed by atoms with Crippen LogP contribution in [0.25, 0.3) is 0 Å². The van der Waals surface area contributed by atoms with Crippen LogP contribution in [0.4, 0.5) is 5.69 Å². The molecule has 0 radical (unpaired) electrons. The van der Waals surface area contributed by atoms with E-state index < -0.39 is 6.10 Å². The summed E-state index contributed by atoms with van der Waals surface area (Å²) in [6.45, 7) is 1.88. The van der Waals surface area contributed by atoms with Crippen molar-refractivity contribution in [2.45, 2.75) is 13.0 Å². The average molecular weight is 382 g/mol. The van der Waals surface area contributed by atoms with Gasteiger partial charge < -0.3 is 15.2 Å². The molecule has 3 aromatic carbocycles. The first-order valence-corrected chi connectivity index (χ1v) is 8.86. The van der Waals surface area contributed by atoms with Gasteiger partial charge in [-0.3, -0.25) is 4.79 Å². The predicted octanol–water partition coefficient (Wildman–Crippen LogP) is 4.99. The third kappa shape index (κ3) is 4.13. The van der Waals surface area contributed by atoms with E-state index in [1.54, 1.807) is 30.3 Å². The number of rotatable bonds is 5. The maximum atomic E-state index is 12.8. The number of amides is 1. The predicted molar refractivity (Wildman–Crippen MR) is 108 cm³/mol. The van der Waals surface area contributed by atoms with Gasteiger partial charge in [-0.1, -0.05) is 54.1 Å². The van der Waals surface area contributed by atoms with E-state index in [0.717, 1.165) is 5.56 Å². The molecule has 4 nitrogen and oxygen atoms in total. The van der Waals surface area contributed by atoms with E-state index in [-0.39, 0.29) is 5.91 Å². The summed E-state index contributed by atoms with van der Waals surface area (Å²) in [6.07, 6.45) is -0.917. The normalized spacial score (nSPS) is 11.7. The lowest BCUT2D eigenvalue weighted by Gasteiger charge is -2.18. The molecular weight excluding hydrogens is 362 g/mol. The minimum Gasteiger partial charge on any atom is -0.496 e. The number of anilines is 1. The molecule has 3 rings (SSSR count). The van der Waals surface area contributed by atoms with Crippen LogP contribution in [-0.2, 0) is 0 Å². The third-order valence-electron chi connectivity index (χ3n) is 4.33. The molecular formula is C22H20ClNO3. The van der Waals surface area contributed by atoms with Crippen LogP contribution in [0.15, 0.2) is 66.7 Å². The quantitative estimate of drug-likeness (QED) is 0.654. The van der Waals surface area contributed by atoms with Gasteiger partial charge in [-0.2, -0.15) is 0 Å². The van der Waals surface area contributed by atoms with Gasteiger partial charge in [0.15, 0.2) is 0 Å². The Hall–Kier alpha value is -2.82. The zero-order valence-electron chi connectivity index (χ0n) is 15.1. The molecule has 3 aromatic rings. The zero-order chi connectivity index (χ0) is 19.4. The number of ether oxygens (including phenoxy) is 1. The Morgan fingerprint density at radius 2 is 1.81 bits per heavy atom. The Labute approximate surface area is 163 Å². The molecule has 1 unspecified atom stereocenters. The summed E-state index contributed by atoms with van der Waals surface area (Å²) in [7, 11) is 1.53. The van der Waals surface area contributed by atoms with Gasteiger partial charge in [-0.25, -0.2) is 0 Å². The minimum atomic E-state index is -0.917. The topological polar surface area (TPSA) is 58.6 Å². The first kappa shape index (κ1) is 19.0. The summed E-state index contributed by atoms with van der Waals surface area (Å²) < 4.78 is 5.37. The van der Waals surface area contributed by atoms with Gasteiger partial charge in [0.25, 0.3) is 5.91 Å². The summed E-state index contributed by atoms with van der Waals surface area (Å²) in [5, 5.41) is 14.1. The van der Waals surface area contributed by atoms with Crippen LogP contribution in [0.5, 0.6) is 5.75 Å². The van der Waals surface area contributed by atoms with Crippen LogP contribution in [0, 0.1) is 6.92 Å². The van der Waals surface area contributed by atoms with Crippen molar-refractivity contribution in [1.82, 2.24) is 0 Å². The fraction of sp³-hybridized carbons (Fsp3) is 0.136. The van der Waals surface area contributed by atoms with E-state index in [9.17, 15) is 9.90 Å². The van der Waals surface area contributed by atoms with Gasteiger partial charge in [0, 0.05) is 16.3 Å². The van der Waals surface area contributed by atoms with Crippen molar-refractivity contribution >= 4 is 23.2 Å². The molecule has 5 heteroatoms. The minimum absolute atomic E-state index is 0.320. The molecule has 0 heterocycles. The first-order chi connectivity index (χ1) is 13.0. The Morgan fingerprint density at radius 3 is 2.52 bits per heavy atom. The van der Waals surface area contributed by atoms with Gasteiger partial charge in [-0.05, 0) is 42.3 Å². The fourth-order valence-electron chi connectivity index (χ4n) is 2.98. The highest BCUT2D eigenvalue weighted by Crippen LogP contribution is 2.32. The largest absolute Gasteiger partial charge is 0.496 e. The molecule has 0 aliphatic heterocycles. The van der Waals surface area contributed by atoms with E-state index in [4.69, 9.17) is 16.3 Å². The van der Waals surface area contributed by atoms with Gasteiger partial charge >= 0.3 is 0 Å². The second kappa shape index (κ2) is 8.25. The van der Waals surface area contributed by atoms with Crippen molar-refractivity contribution in [3.05, 3.63) is 94.0 Å². The van der Waals surface area contributed by atoms with Gasteiger partial charge in [0.1, 0.15) is 11.9 Å². The summed E-state index contributed by atoms with van der Waals surface area (Å²) in [5.41, 5.74) is 3.01. The number of hydrogen-bond donors (Lipinski definition) is 2. The van der Waals surface area contributed by atoms with Crippen molar-refractivity contribution < 1.29 is 14.6 Å². The highest BCUT2D eigenvalue weighted by molar-refractivity contribution is 6.30. The van der Waals surface area contributed by atoms with E-state index >= 15 is 0 Å². The number of aliphatic hydroxyl groups excluding tert-OH is 1. The summed E-state index contributed by atoms with van der Waals surface area (Å²) in [4.78, 5) is 12.8. The number of carbonyl (C=O) groups excluding carboxylic acids is 1. The number of methoxy groups -OCH3 is 1. The molecule has 0 fully saturated rings. The second-order valence-corrected chi connectivity index (χ2v) is 6.59. The molecule has 0 aliphatic carbocycles. The Morgan fingerprint density at radius 1 is 1.07 bits per heavy atom. The van der Waals surface area contributed by atoms with Crippen LogP contribution in [-0.4, -0.2) is 18.1 Å². The lowest BCUT2D eigenvalue weighted by atomic mass is 9.99. The van der Waals surface area contributed by atoms with Gasteiger partial charge in [-0.15, -0.1) is 0 Å². The molecule has 138 valence electrons. The lowest BCUT2D eigenvalue weighted by Crippen LogP contribution is -2.16. The Bertz CT molecular complexity index is 957. The van der Waals surface area contributed by atoms with Gasteiger partial charge in [0.2, 0.25) is 0 Å². The number of benzene rings is 3. The number of nitrogens with one attached hydrogen (secondary N) is 1.